The largest absolute Gasteiger partial charge is 0.387 e. The highest BCUT2D eigenvalue weighted by Crippen LogP contribution is 2.24. The predicted molar refractivity (Wildman–Crippen MR) is 31.7 cm³/mol. The van der Waals surface area contributed by atoms with Gasteiger partial charge in [0.15, 0.2) is 6.29 Å². The third-order valence-electron chi connectivity index (χ3n) is 1.93. The van der Waals surface area contributed by atoms with Gasteiger partial charge in [0.25, 0.3) is 0 Å². The van der Waals surface area contributed by atoms with Crippen molar-refractivity contribution in [3.05, 3.63) is 0 Å². The molecule has 1 unspecified atom stereocenters. The summed E-state index contributed by atoms with van der Waals surface area (Å²) in [5, 5.41) is 17.9. The molecular weight excluding hydrogens is 120 g/mol. The maximum Gasteiger partial charge on any atom is 0.181 e. The quantitative estimate of drug-likeness (QED) is 0.476. The highest BCUT2D eigenvalue weighted by atomic mass is 16.6. The minimum absolute atomic E-state index is 0.0324. The third kappa shape index (κ3) is 1.08. The molecule has 0 radical (unpaired) electrons. The maximum atomic E-state index is 9.06. The number of hydrogen-bond acceptors (Lipinski definition) is 3. The molecule has 1 saturated heterocycles. The molecule has 0 aromatic heterocycles. The van der Waals surface area contributed by atoms with Gasteiger partial charge >= 0.3 is 0 Å². The van der Waals surface area contributed by atoms with E-state index in [1.807, 2.05) is 13.8 Å². The van der Waals surface area contributed by atoms with Crippen LogP contribution in [-0.4, -0.2) is 28.7 Å². The number of rotatable bonds is 0. The van der Waals surface area contributed by atoms with Crippen molar-refractivity contribution >= 4 is 0 Å². The van der Waals surface area contributed by atoms with Crippen molar-refractivity contribution in [2.75, 3.05) is 0 Å². The Morgan fingerprint density at radius 2 is 1.78 bits per heavy atom. The molecule has 3 heteroatoms. The minimum atomic E-state index is -0.977. The van der Waals surface area contributed by atoms with Crippen LogP contribution < -0.4 is 0 Å². The molecule has 3 nitrogen and oxygen atoms in total. The molecule has 9 heavy (non-hydrogen) atoms. The van der Waals surface area contributed by atoms with Crippen LogP contribution in [0.5, 0.6) is 0 Å². The molecule has 0 aromatic carbocycles. The topological polar surface area (TPSA) is 49.7 Å². The average molecular weight is 132 g/mol. The van der Waals surface area contributed by atoms with Crippen LogP contribution >= 0.6 is 0 Å². The normalized spacial score (nSPS) is 52.0. The van der Waals surface area contributed by atoms with Crippen LogP contribution in [0.3, 0.4) is 0 Å². The van der Waals surface area contributed by atoms with E-state index in [4.69, 9.17) is 14.9 Å². The van der Waals surface area contributed by atoms with Gasteiger partial charge in [-0.2, -0.15) is 0 Å². The molecule has 0 aliphatic carbocycles. The Labute approximate surface area is 54.3 Å². The lowest BCUT2D eigenvalue weighted by atomic mass is 10.0. The standard InChI is InChI=1S/C6H12O3/c1-3-4(2)9-6(8)5(3)7/h3-8H,1-2H3/t3-,4-,5+,6?/m0/s1. The molecule has 0 saturated carbocycles. The molecule has 4 atom stereocenters. The third-order valence-corrected chi connectivity index (χ3v) is 1.93. The van der Waals surface area contributed by atoms with E-state index in [0.717, 1.165) is 0 Å². The molecule has 0 spiro atoms. The molecule has 1 fully saturated rings. The van der Waals surface area contributed by atoms with Gasteiger partial charge < -0.3 is 14.9 Å². The van der Waals surface area contributed by atoms with Gasteiger partial charge in [0, 0.05) is 5.92 Å². The zero-order chi connectivity index (χ0) is 7.02. The summed E-state index contributed by atoms with van der Waals surface area (Å²) in [7, 11) is 0. The van der Waals surface area contributed by atoms with Crippen molar-refractivity contribution in [3.8, 4) is 0 Å². The minimum Gasteiger partial charge on any atom is -0.387 e. The van der Waals surface area contributed by atoms with Crippen molar-refractivity contribution in [3.63, 3.8) is 0 Å². The molecule has 1 aliphatic rings. The summed E-state index contributed by atoms with van der Waals surface area (Å²) < 4.78 is 4.89. The molecule has 54 valence electrons. The lowest BCUT2D eigenvalue weighted by Gasteiger charge is -2.08. The molecule has 0 amide bonds. The van der Waals surface area contributed by atoms with E-state index in [0.29, 0.717) is 0 Å². The van der Waals surface area contributed by atoms with E-state index >= 15 is 0 Å². The number of ether oxygens (including phenoxy) is 1. The van der Waals surface area contributed by atoms with Gasteiger partial charge in [0.2, 0.25) is 0 Å². The van der Waals surface area contributed by atoms with E-state index in [1.54, 1.807) is 0 Å². The van der Waals surface area contributed by atoms with Crippen LogP contribution in [0, 0.1) is 5.92 Å². The molecule has 2 N–H and O–H groups in total. The van der Waals surface area contributed by atoms with Gasteiger partial charge in [-0.1, -0.05) is 6.92 Å². The Morgan fingerprint density at radius 3 is 1.89 bits per heavy atom. The smallest absolute Gasteiger partial charge is 0.181 e. The Hall–Kier alpha value is -0.120. The zero-order valence-electron chi connectivity index (χ0n) is 5.61. The SMILES string of the molecule is C[C@H]1[C@H](C)OC(O)[C@@H]1O. The van der Waals surface area contributed by atoms with Crippen LogP contribution in [-0.2, 0) is 4.74 Å². The second-order valence-electron chi connectivity index (χ2n) is 2.58. The first-order chi connectivity index (χ1) is 4.13. The maximum absolute atomic E-state index is 9.06. The van der Waals surface area contributed by atoms with E-state index in [2.05, 4.69) is 0 Å². The molecule has 0 bridgehead atoms. The van der Waals surface area contributed by atoms with Crippen LogP contribution in [0.4, 0.5) is 0 Å². The van der Waals surface area contributed by atoms with Crippen LogP contribution in [0.1, 0.15) is 13.8 Å². The van der Waals surface area contributed by atoms with Crippen LogP contribution in [0.2, 0.25) is 0 Å². The first-order valence-corrected chi connectivity index (χ1v) is 3.14. The Morgan fingerprint density at radius 1 is 1.22 bits per heavy atom. The summed E-state index contributed by atoms with van der Waals surface area (Å²) in [6, 6.07) is 0. The number of hydrogen-bond donors (Lipinski definition) is 2. The van der Waals surface area contributed by atoms with Crippen molar-refractivity contribution < 1.29 is 14.9 Å². The lowest BCUT2D eigenvalue weighted by Crippen LogP contribution is -2.24. The second kappa shape index (κ2) is 2.25. The van der Waals surface area contributed by atoms with Crippen LogP contribution in [0.25, 0.3) is 0 Å². The van der Waals surface area contributed by atoms with E-state index in [-0.39, 0.29) is 12.0 Å². The first-order valence-electron chi connectivity index (χ1n) is 3.14. The van der Waals surface area contributed by atoms with E-state index in [1.165, 1.54) is 0 Å². The van der Waals surface area contributed by atoms with Gasteiger partial charge in [-0.25, -0.2) is 0 Å². The summed E-state index contributed by atoms with van der Waals surface area (Å²) in [6.45, 7) is 3.69. The summed E-state index contributed by atoms with van der Waals surface area (Å²) in [5.41, 5.74) is 0. The highest BCUT2D eigenvalue weighted by Gasteiger charge is 2.36. The van der Waals surface area contributed by atoms with Gasteiger partial charge in [0.05, 0.1) is 6.10 Å². The van der Waals surface area contributed by atoms with E-state index < -0.39 is 12.4 Å². The zero-order valence-corrected chi connectivity index (χ0v) is 5.61. The summed E-state index contributed by atoms with van der Waals surface area (Å²) >= 11 is 0. The number of aliphatic hydroxyl groups is 2. The molecule has 0 aromatic rings. The lowest BCUT2D eigenvalue weighted by molar-refractivity contribution is -0.123. The Kier molecular flexibility index (Phi) is 1.75. The second-order valence-corrected chi connectivity index (χ2v) is 2.58. The van der Waals surface area contributed by atoms with Crippen molar-refractivity contribution in [2.24, 2.45) is 5.92 Å². The fourth-order valence-electron chi connectivity index (χ4n) is 0.962. The van der Waals surface area contributed by atoms with Crippen molar-refractivity contribution in [2.45, 2.75) is 32.3 Å². The summed E-state index contributed by atoms with van der Waals surface area (Å²) in [4.78, 5) is 0. The molecular formula is C6H12O3. The van der Waals surface area contributed by atoms with Crippen LogP contribution in [0.15, 0.2) is 0 Å². The first kappa shape index (κ1) is 6.99. The summed E-state index contributed by atoms with van der Waals surface area (Å²) in [6.07, 6.45) is -1.72. The summed E-state index contributed by atoms with van der Waals surface area (Å²) in [5.74, 6) is 0.0417. The van der Waals surface area contributed by atoms with Crippen molar-refractivity contribution in [1.29, 1.82) is 0 Å². The molecule has 1 rings (SSSR count). The van der Waals surface area contributed by atoms with Gasteiger partial charge in [0.1, 0.15) is 6.10 Å². The predicted octanol–water partition coefficient (Wildman–Crippen LogP) is -0.280. The Bertz CT molecular complexity index is 92.5. The monoisotopic (exact) mass is 132 g/mol. The molecule has 1 aliphatic heterocycles. The average Bonchev–Trinajstić information content (AvgIpc) is 1.98. The fourth-order valence-corrected chi connectivity index (χ4v) is 0.962. The fraction of sp³-hybridized carbons (Fsp3) is 1.00. The number of aliphatic hydroxyl groups excluding tert-OH is 2. The van der Waals surface area contributed by atoms with Gasteiger partial charge in [-0.15, -0.1) is 0 Å². The highest BCUT2D eigenvalue weighted by molar-refractivity contribution is 4.79. The molecule has 1 heterocycles. The Balaban J connectivity index is 2.54. The van der Waals surface area contributed by atoms with E-state index in [9.17, 15) is 0 Å². The van der Waals surface area contributed by atoms with Crippen molar-refractivity contribution in [1.82, 2.24) is 0 Å². The van der Waals surface area contributed by atoms with Gasteiger partial charge in [-0.05, 0) is 6.92 Å². The van der Waals surface area contributed by atoms with Gasteiger partial charge in [-0.3, -0.25) is 0 Å².